The molecule has 0 spiro atoms. The van der Waals surface area contributed by atoms with Crippen LogP contribution in [0.5, 0.6) is 5.75 Å². The molecule has 1 rings (SSSR count). The van der Waals surface area contributed by atoms with Gasteiger partial charge < -0.3 is 20.7 Å². The van der Waals surface area contributed by atoms with Crippen LogP contribution in [0.2, 0.25) is 0 Å². The van der Waals surface area contributed by atoms with Crippen LogP contribution in [0.25, 0.3) is 0 Å². The van der Waals surface area contributed by atoms with E-state index in [-0.39, 0.29) is 18.7 Å². The number of carbonyl (C=O) groups excluding carboxylic acids is 1. The number of nitrogens with one attached hydrogen (secondary N) is 1. The number of ether oxygens (including phenoxy) is 1. The molecular weight excluding hydrogens is 288 g/mol. The van der Waals surface area contributed by atoms with Gasteiger partial charge in [-0.15, -0.1) is 0 Å². The molecule has 1 amide bonds. The van der Waals surface area contributed by atoms with Crippen LogP contribution in [0.1, 0.15) is 38.7 Å². The van der Waals surface area contributed by atoms with E-state index < -0.39 is 23.6 Å². The van der Waals surface area contributed by atoms with E-state index in [9.17, 15) is 14.7 Å². The Morgan fingerprint density at radius 1 is 1.36 bits per heavy atom. The van der Waals surface area contributed by atoms with Crippen molar-refractivity contribution in [3.8, 4) is 5.75 Å². The summed E-state index contributed by atoms with van der Waals surface area (Å²) in [5.41, 5.74) is 5.78. The highest BCUT2D eigenvalue weighted by molar-refractivity contribution is 5.86. The van der Waals surface area contributed by atoms with Crippen LogP contribution in [0.4, 0.5) is 10.5 Å². The molecule has 1 unspecified atom stereocenters. The number of benzene rings is 1. The van der Waals surface area contributed by atoms with E-state index in [0.29, 0.717) is 11.3 Å². The third kappa shape index (κ3) is 5.61. The lowest BCUT2D eigenvalue weighted by Crippen LogP contribution is -2.28. The Hall–Kier alpha value is -2.28. The zero-order chi connectivity index (χ0) is 16.9. The summed E-state index contributed by atoms with van der Waals surface area (Å²) in [6.07, 6.45) is -0.867. The van der Waals surface area contributed by atoms with Crippen molar-refractivity contribution in [1.82, 2.24) is 0 Å². The highest BCUT2D eigenvalue weighted by atomic mass is 16.6. The SMILES string of the molecule is CC(C)(C)OC(=O)Nc1ccc(O)cc1C(CN)CC(=O)O. The third-order valence-corrected chi connectivity index (χ3v) is 2.82. The van der Waals surface area contributed by atoms with E-state index in [2.05, 4.69) is 5.32 Å². The van der Waals surface area contributed by atoms with Gasteiger partial charge in [-0.2, -0.15) is 0 Å². The number of rotatable bonds is 5. The smallest absolute Gasteiger partial charge is 0.412 e. The van der Waals surface area contributed by atoms with Gasteiger partial charge >= 0.3 is 12.1 Å². The first-order chi connectivity index (χ1) is 10.1. The Morgan fingerprint density at radius 2 is 2.00 bits per heavy atom. The second-order valence-corrected chi connectivity index (χ2v) is 5.93. The maximum atomic E-state index is 11.9. The summed E-state index contributed by atoms with van der Waals surface area (Å²) in [5, 5.41) is 21.1. The molecule has 7 nitrogen and oxygen atoms in total. The van der Waals surface area contributed by atoms with Crippen molar-refractivity contribution in [1.29, 1.82) is 0 Å². The highest BCUT2D eigenvalue weighted by Gasteiger charge is 2.21. The van der Waals surface area contributed by atoms with Crippen molar-refractivity contribution in [2.75, 3.05) is 11.9 Å². The first-order valence-electron chi connectivity index (χ1n) is 6.87. The molecule has 1 aromatic carbocycles. The van der Waals surface area contributed by atoms with Crippen LogP contribution < -0.4 is 11.1 Å². The number of aliphatic carboxylic acids is 1. The van der Waals surface area contributed by atoms with E-state index >= 15 is 0 Å². The topological polar surface area (TPSA) is 122 Å². The molecule has 0 saturated heterocycles. The number of aromatic hydroxyl groups is 1. The summed E-state index contributed by atoms with van der Waals surface area (Å²) in [7, 11) is 0. The van der Waals surface area contributed by atoms with Crippen molar-refractivity contribution >= 4 is 17.7 Å². The molecule has 7 heteroatoms. The molecule has 0 fully saturated rings. The number of phenols is 1. The van der Waals surface area contributed by atoms with Gasteiger partial charge in [0.1, 0.15) is 11.4 Å². The van der Waals surface area contributed by atoms with Crippen molar-refractivity contribution in [3.05, 3.63) is 23.8 Å². The molecule has 22 heavy (non-hydrogen) atoms. The van der Waals surface area contributed by atoms with Crippen LogP contribution in [0.3, 0.4) is 0 Å². The maximum absolute atomic E-state index is 11.9. The Kier molecular flexibility index (Phi) is 5.76. The average Bonchev–Trinajstić information content (AvgIpc) is 2.35. The van der Waals surface area contributed by atoms with E-state index in [1.54, 1.807) is 20.8 Å². The summed E-state index contributed by atoms with van der Waals surface area (Å²) in [5.74, 6) is -1.58. The van der Waals surface area contributed by atoms with E-state index in [4.69, 9.17) is 15.6 Å². The summed E-state index contributed by atoms with van der Waals surface area (Å²) in [4.78, 5) is 22.8. The summed E-state index contributed by atoms with van der Waals surface area (Å²) in [6.45, 7) is 5.27. The van der Waals surface area contributed by atoms with Crippen LogP contribution in [0.15, 0.2) is 18.2 Å². The van der Waals surface area contributed by atoms with E-state index in [1.807, 2.05) is 0 Å². The van der Waals surface area contributed by atoms with E-state index in [0.717, 1.165) is 0 Å². The van der Waals surface area contributed by atoms with Gasteiger partial charge in [0.25, 0.3) is 0 Å². The zero-order valence-electron chi connectivity index (χ0n) is 12.9. The minimum Gasteiger partial charge on any atom is -0.508 e. The van der Waals surface area contributed by atoms with E-state index in [1.165, 1.54) is 18.2 Å². The first-order valence-corrected chi connectivity index (χ1v) is 6.87. The molecule has 5 N–H and O–H groups in total. The quantitative estimate of drug-likeness (QED) is 0.619. The summed E-state index contributed by atoms with van der Waals surface area (Å²) in [6, 6.07) is 4.27. The number of carbonyl (C=O) groups is 2. The lowest BCUT2D eigenvalue weighted by atomic mass is 9.94. The van der Waals surface area contributed by atoms with Crippen LogP contribution in [0, 0.1) is 0 Å². The largest absolute Gasteiger partial charge is 0.508 e. The second-order valence-electron chi connectivity index (χ2n) is 5.93. The number of amides is 1. The normalized spacial score (nSPS) is 12.5. The van der Waals surface area contributed by atoms with Gasteiger partial charge in [-0.05, 0) is 51.1 Å². The zero-order valence-corrected chi connectivity index (χ0v) is 12.9. The fourth-order valence-electron chi connectivity index (χ4n) is 1.95. The van der Waals surface area contributed by atoms with Gasteiger partial charge in [-0.3, -0.25) is 10.1 Å². The molecular formula is C15H22N2O5. The van der Waals surface area contributed by atoms with Gasteiger partial charge in [0.05, 0.1) is 6.42 Å². The fourth-order valence-corrected chi connectivity index (χ4v) is 1.95. The van der Waals surface area contributed by atoms with Crippen molar-refractivity contribution < 1.29 is 24.5 Å². The minimum atomic E-state index is -1.01. The van der Waals surface area contributed by atoms with Gasteiger partial charge in [0.2, 0.25) is 0 Å². The molecule has 1 aromatic rings. The monoisotopic (exact) mass is 310 g/mol. The molecule has 0 aromatic heterocycles. The Bertz CT molecular complexity index is 551. The average molecular weight is 310 g/mol. The Morgan fingerprint density at radius 3 is 2.50 bits per heavy atom. The van der Waals surface area contributed by atoms with Crippen LogP contribution in [-0.2, 0) is 9.53 Å². The lowest BCUT2D eigenvalue weighted by molar-refractivity contribution is -0.137. The number of nitrogens with two attached hydrogens (primary N) is 1. The number of phenolic OH excluding ortho intramolecular Hbond substituents is 1. The molecule has 0 aliphatic rings. The van der Waals surface area contributed by atoms with Gasteiger partial charge in [0.15, 0.2) is 0 Å². The van der Waals surface area contributed by atoms with Crippen molar-refractivity contribution in [2.45, 2.75) is 38.7 Å². The standard InChI is InChI=1S/C15H22N2O5/c1-15(2,3)22-14(21)17-12-5-4-10(18)7-11(12)9(8-16)6-13(19)20/h4-5,7,9,18H,6,8,16H2,1-3H3,(H,17,21)(H,19,20). The van der Waals surface area contributed by atoms with Gasteiger partial charge in [-0.1, -0.05) is 0 Å². The highest BCUT2D eigenvalue weighted by Crippen LogP contribution is 2.30. The number of hydrogen-bond acceptors (Lipinski definition) is 5. The molecule has 0 saturated carbocycles. The minimum absolute atomic E-state index is 0.0337. The molecule has 0 aliphatic carbocycles. The molecule has 0 bridgehead atoms. The number of carboxylic acid groups (broad SMARTS) is 1. The second kappa shape index (κ2) is 7.13. The third-order valence-electron chi connectivity index (χ3n) is 2.82. The van der Waals surface area contributed by atoms with Crippen molar-refractivity contribution in [3.63, 3.8) is 0 Å². The number of hydrogen-bond donors (Lipinski definition) is 4. The lowest BCUT2D eigenvalue weighted by Gasteiger charge is -2.22. The van der Waals surface area contributed by atoms with Gasteiger partial charge in [-0.25, -0.2) is 4.79 Å². The first kappa shape index (κ1) is 17.8. The maximum Gasteiger partial charge on any atom is 0.412 e. The molecule has 0 aliphatic heterocycles. The molecule has 0 radical (unpaired) electrons. The molecule has 0 heterocycles. The predicted molar refractivity (Wildman–Crippen MR) is 82.0 cm³/mol. The molecule has 1 atom stereocenters. The van der Waals surface area contributed by atoms with Gasteiger partial charge in [0, 0.05) is 11.6 Å². The number of carboxylic acids is 1. The molecule has 122 valence electrons. The number of anilines is 1. The summed E-state index contributed by atoms with van der Waals surface area (Å²) < 4.78 is 5.16. The summed E-state index contributed by atoms with van der Waals surface area (Å²) >= 11 is 0. The van der Waals surface area contributed by atoms with Crippen LogP contribution in [-0.4, -0.2) is 34.4 Å². The predicted octanol–water partition coefficient (Wildman–Crippen LogP) is 2.26. The Labute approximate surface area is 129 Å². The fraction of sp³-hybridized carbons (Fsp3) is 0.467. The van der Waals surface area contributed by atoms with Crippen molar-refractivity contribution in [2.24, 2.45) is 5.73 Å². The van der Waals surface area contributed by atoms with Crippen LogP contribution >= 0.6 is 0 Å². The Balaban J connectivity index is 3.04.